The lowest BCUT2D eigenvalue weighted by atomic mass is 9.77. The van der Waals surface area contributed by atoms with E-state index in [4.69, 9.17) is 0 Å². The van der Waals surface area contributed by atoms with Crippen LogP contribution in [0.3, 0.4) is 0 Å². The van der Waals surface area contributed by atoms with Crippen LogP contribution >= 0.6 is 0 Å². The molecule has 2 aliphatic heterocycles. The molecule has 0 aliphatic carbocycles. The summed E-state index contributed by atoms with van der Waals surface area (Å²) in [4.78, 5) is 25.4. The van der Waals surface area contributed by atoms with Gasteiger partial charge in [-0.2, -0.15) is 0 Å². The Labute approximate surface area is 125 Å². The molecule has 2 saturated heterocycles. The first-order valence-corrected chi connectivity index (χ1v) is 9.32. The van der Waals surface area contributed by atoms with E-state index in [9.17, 15) is 23.1 Å². The first-order chi connectivity index (χ1) is 9.78. The van der Waals surface area contributed by atoms with Crippen molar-refractivity contribution in [3.63, 3.8) is 0 Å². The third kappa shape index (κ3) is 3.56. The predicted molar refractivity (Wildman–Crippen MR) is 77.6 cm³/mol. The molecule has 7 heteroatoms. The zero-order valence-electron chi connectivity index (χ0n) is 12.4. The summed E-state index contributed by atoms with van der Waals surface area (Å²) in [5.41, 5.74) is -0.838. The maximum Gasteiger partial charge on any atom is 0.311 e. The van der Waals surface area contributed by atoms with E-state index in [2.05, 4.69) is 0 Å². The summed E-state index contributed by atoms with van der Waals surface area (Å²) in [5.74, 6) is -0.796. The Hall–Kier alpha value is -1.11. The summed E-state index contributed by atoms with van der Waals surface area (Å²) >= 11 is 0. The van der Waals surface area contributed by atoms with E-state index in [0.717, 1.165) is 0 Å². The Morgan fingerprint density at radius 1 is 1.38 bits per heavy atom. The SMILES string of the molecule is CCC1(C(=O)O)CCCN(C(=O)CC2CCS(=O)(=O)C2)C1. The highest BCUT2D eigenvalue weighted by atomic mass is 32.2. The molecule has 2 rings (SSSR count). The third-order valence-corrected chi connectivity index (χ3v) is 6.69. The smallest absolute Gasteiger partial charge is 0.311 e. The molecule has 2 unspecified atom stereocenters. The zero-order valence-corrected chi connectivity index (χ0v) is 13.2. The molecule has 0 saturated carbocycles. The number of hydrogen-bond donors (Lipinski definition) is 1. The molecule has 2 aliphatic rings. The second-order valence-electron chi connectivity index (χ2n) is 6.33. The fourth-order valence-corrected chi connectivity index (χ4v) is 5.23. The summed E-state index contributed by atoms with van der Waals surface area (Å²) < 4.78 is 22.9. The van der Waals surface area contributed by atoms with E-state index in [0.29, 0.717) is 32.2 Å². The van der Waals surface area contributed by atoms with E-state index in [-0.39, 0.29) is 36.3 Å². The van der Waals surface area contributed by atoms with E-state index in [1.807, 2.05) is 6.92 Å². The number of hydrogen-bond acceptors (Lipinski definition) is 4. The molecular weight excluding hydrogens is 294 g/mol. The van der Waals surface area contributed by atoms with Crippen LogP contribution in [0.1, 0.15) is 39.0 Å². The van der Waals surface area contributed by atoms with Crippen molar-refractivity contribution in [2.45, 2.75) is 39.0 Å². The van der Waals surface area contributed by atoms with Gasteiger partial charge in [0.25, 0.3) is 0 Å². The largest absolute Gasteiger partial charge is 0.481 e. The van der Waals surface area contributed by atoms with E-state index < -0.39 is 21.2 Å². The average Bonchev–Trinajstić information content (AvgIpc) is 2.77. The molecule has 120 valence electrons. The third-order valence-electron chi connectivity index (χ3n) is 4.85. The minimum Gasteiger partial charge on any atom is -0.481 e. The number of piperidine rings is 1. The van der Waals surface area contributed by atoms with E-state index in [1.165, 1.54) is 0 Å². The molecule has 1 N–H and O–H groups in total. The summed E-state index contributed by atoms with van der Waals surface area (Å²) in [6.45, 7) is 2.66. The first-order valence-electron chi connectivity index (χ1n) is 7.49. The number of carboxylic acid groups (broad SMARTS) is 1. The van der Waals surface area contributed by atoms with Crippen LogP contribution in [0.15, 0.2) is 0 Å². The molecule has 2 atom stereocenters. The van der Waals surface area contributed by atoms with Gasteiger partial charge in [-0.05, 0) is 31.6 Å². The highest BCUT2D eigenvalue weighted by molar-refractivity contribution is 7.91. The molecule has 6 nitrogen and oxygen atoms in total. The molecule has 1 amide bonds. The van der Waals surface area contributed by atoms with Crippen LogP contribution in [0, 0.1) is 11.3 Å². The quantitative estimate of drug-likeness (QED) is 0.832. The highest BCUT2D eigenvalue weighted by Crippen LogP contribution is 2.34. The van der Waals surface area contributed by atoms with Crippen molar-refractivity contribution in [3.05, 3.63) is 0 Å². The van der Waals surface area contributed by atoms with Gasteiger partial charge in [-0.25, -0.2) is 8.42 Å². The number of nitrogens with zero attached hydrogens (tertiary/aromatic N) is 1. The number of carbonyl (C=O) groups is 2. The van der Waals surface area contributed by atoms with Crippen LogP contribution in [0.5, 0.6) is 0 Å². The number of carbonyl (C=O) groups excluding carboxylic acids is 1. The Kier molecular flexibility index (Phi) is 4.60. The highest BCUT2D eigenvalue weighted by Gasteiger charge is 2.42. The number of sulfone groups is 1. The van der Waals surface area contributed by atoms with Crippen molar-refractivity contribution in [1.29, 1.82) is 0 Å². The number of amides is 1. The van der Waals surface area contributed by atoms with Gasteiger partial charge in [-0.3, -0.25) is 9.59 Å². The standard InChI is InChI=1S/C14H23NO5S/c1-2-14(13(17)18)5-3-6-15(10-14)12(16)8-11-4-7-21(19,20)9-11/h11H,2-10H2,1H3,(H,17,18). The van der Waals surface area contributed by atoms with Crippen molar-refractivity contribution in [2.24, 2.45) is 11.3 Å². The molecule has 0 aromatic rings. The van der Waals surface area contributed by atoms with Crippen molar-refractivity contribution in [2.75, 3.05) is 24.6 Å². The monoisotopic (exact) mass is 317 g/mol. The number of rotatable bonds is 4. The molecule has 0 spiro atoms. The van der Waals surface area contributed by atoms with Gasteiger partial charge in [-0.15, -0.1) is 0 Å². The van der Waals surface area contributed by atoms with Gasteiger partial charge in [0.1, 0.15) is 0 Å². The normalized spacial score (nSPS) is 32.0. The molecule has 2 fully saturated rings. The Balaban J connectivity index is 1.98. The van der Waals surface area contributed by atoms with Crippen LogP contribution < -0.4 is 0 Å². The lowest BCUT2D eigenvalue weighted by Gasteiger charge is -2.39. The number of carboxylic acids is 1. The van der Waals surface area contributed by atoms with Crippen molar-refractivity contribution >= 4 is 21.7 Å². The molecule has 2 heterocycles. The van der Waals surface area contributed by atoms with Crippen LogP contribution in [0.4, 0.5) is 0 Å². The molecule has 0 radical (unpaired) electrons. The molecule has 0 aromatic carbocycles. The van der Waals surface area contributed by atoms with Crippen LogP contribution in [-0.2, 0) is 19.4 Å². The minimum absolute atomic E-state index is 0.0877. The molecule has 21 heavy (non-hydrogen) atoms. The number of likely N-dealkylation sites (tertiary alicyclic amines) is 1. The zero-order chi connectivity index (χ0) is 15.7. The summed E-state index contributed by atoms with van der Waals surface area (Å²) in [6, 6.07) is 0. The summed E-state index contributed by atoms with van der Waals surface area (Å²) in [5, 5.41) is 9.42. The maximum atomic E-state index is 12.3. The van der Waals surface area contributed by atoms with Crippen molar-refractivity contribution in [1.82, 2.24) is 4.90 Å². The van der Waals surface area contributed by atoms with Gasteiger partial charge in [0.05, 0.1) is 16.9 Å². The van der Waals surface area contributed by atoms with Gasteiger partial charge in [-0.1, -0.05) is 6.92 Å². The van der Waals surface area contributed by atoms with Crippen molar-refractivity contribution < 1.29 is 23.1 Å². The maximum absolute atomic E-state index is 12.3. The topological polar surface area (TPSA) is 91.8 Å². The predicted octanol–water partition coefficient (Wildman–Crippen LogP) is 0.915. The Morgan fingerprint density at radius 2 is 2.10 bits per heavy atom. The average molecular weight is 317 g/mol. The first kappa shape index (κ1) is 16.3. The van der Waals surface area contributed by atoms with Gasteiger partial charge in [0, 0.05) is 19.5 Å². The van der Waals surface area contributed by atoms with Crippen LogP contribution in [-0.4, -0.2) is 54.9 Å². The van der Waals surface area contributed by atoms with E-state index in [1.54, 1.807) is 4.90 Å². The lowest BCUT2D eigenvalue weighted by Crippen LogP contribution is -2.50. The fourth-order valence-electron chi connectivity index (χ4n) is 3.37. The van der Waals surface area contributed by atoms with Gasteiger partial charge >= 0.3 is 5.97 Å². The molecular formula is C14H23NO5S. The lowest BCUT2D eigenvalue weighted by molar-refractivity contribution is -0.155. The summed E-state index contributed by atoms with van der Waals surface area (Å²) in [7, 11) is -2.98. The fraction of sp³-hybridized carbons (Fsp3) is 0.857. The second-order valence-corrected chi connectivity index (χ2v) is 8.56. The van der Waals surface area contributed by atoms with Gasteiger partial charge in [0.15, 0.2) is 9.84 Å². The molecule has 0 bridgehead atoms. The van der Waals surface area contributed by atoms with Crippen LogP contribution in [0.2, 0.25) is 0 Å². The van der Waals surface area contributed by atoms with Gasteiger partial charge in [0.2, 0.25) is 5.91 Å². The van der Waals surface area contributed by atoms with E-state index >= 15 is 0 Å². The second kappa shape index (κ2) is 5.94. The number of aliphatic carboxylic acids is 1. The van der Waals surface area contributed by atoms with Crippen molar-refractivity contribution in [3.8, 4) is 0 Å². The van der Waals surface area contributed by atoms with Gasteiger partial charge < -0.3 is 10.0 Å². The van der Waals surface area contributed by atoms with Crippen LogP contribution in [0.25, 0.3) is 0 Å². The summed E-state index contributed by atoms with van der Waals surface area (Å²) in [6.07, 6.45) is 2.55. The minimum atomic E-state index is -2.98. The Morgan fingerprint density at radius 3 is 2.62 bits per heavy atom. The molecule has 0 aromatic heterocycles. The Bertz CT molecular complexity index is 529.